The van der Waals surface area contributed by atoms with Crippen LogP contribution in [0.2, 0.25) is 0 Å². The van der Waals surface area contributed by atoms with Crippen molar-refractivity contribution in [1.82, 2.24) is 0 Å². The second kappa shape index (κ2) is 4.60. The third-order valence-corrected chi connectivity index (χ3v) is 4.59. The molecule has 0 saturated carbocycles. The molecule has 5 nitrogen and oxygen atoms in total. The van der Waals surface area contributed by atoms with Crippen LogP contribution in [0.25, 0.3) is 0 Å². The summed E-state index contributed by atoms with van der Waals surface area (Å²) in [4.78, 5) is 0.144. The van der Waals surface area contributed by atoms with Crippen LogP contribution in [0.3, 0.4) is 0 Å². The highest BCUT2D eigenvalue weighted by Crippen LogP contribution is 2.30. The molecule has 0 aromatic heterocycles. The molecule has 0 fully saturated rings. The number of sulfonamides is 1. The maximum Gasteiger partial charge on any atom is 0.286 e. The molecular weight excluding hydrogens is 344 g/mol. The highest BCUT2D eigenvalue weighted by molar-refractivity contribution is 9.10. The van der Waals surface area contributed by atoms with Crippen molar-refractivity contribution in [2.45, 2.75) is 4.90 Å². The van der Waals surface area contributed by atoms with Crippen molar-refractivity contribution in [3.8, 4) is 5.75 Å². The van der Waals surface area contributed by atoms with Crippen molar-refractivity contribution in [3.63, 3.8) is 0 Å². The van der Waals surface area contributed by atoms with E-state index in [-0.39, 0.29) is 10.8 Å². The fourth-order valence-corrected chi connectivity index (χ4v) is 3.38. The first-order valence-electron chi connectivity index (χ1n) is 5.64. The van der Waals surface area contributed by atoms with Crippen molar-refractivity contribution in [2.75, 3.05) is 5.73 Å². The monoisotopic (exact) mass is 352 g/mol. The van der Waals surface area contributed by atoms with Gasteiger partial charge in [-0.15, -0.1) is 4.40 Å². The second-order valence-electron chi connectivity index (χ2n) is 4.15. The molecule has 2 aromatic carbocycles. The van der Waals surface area contributed by atoms with Gasteiger partial charge in [-0.25, -0.2) is 0 Å². The fourth-order valence-electron chi connectivity index (χ4n) is 1.87. The number of halogens is 1. The van der Waals surface area contributed by atoms with E-state index in [1.807, 2.05) is 0 Å². The topological polar surface area (TPSA) is 81.8 Å². The molecule has 0 atom stereocenters. The number of fused-ring (bicyclic) bond motifs is 1. The summed E-state index contributed by atoms with van der Waals surface area (Å²) in [6.45, 7) is 0. The SMILES string of the molecule is Nc1cc(Br)ccc1OC1=NS(=O)(=O)c2ccccc21. The smallest absolute Gasteiger partial charge is 0.286 e. The minimum atomic E-state index is -3.68. The first-order chi connectivity index (χ1) is 9.47. The van der Waals surface area contributed by atoms with E-state index in [0.717, 1.165) is 4.47 Å². The summed E-state index contributed by atoms with van der Waals surface area (Å²) in [5.41, 5.74) is 6.66. The Morgan fingerprint density at radius 2 is 1.90 bits per heavy atom. The number of rotatable bonds is 1. The van der Waals surface area contributed by atoms with Gasteiger partial charge in [-0.2, -0.15) is 8.42 Å². The summed E-state index contributed by atoms with van der Waals surface area (Å²) in [6.07, 6.45) is 0. The molecule has 1 aliphatic rings. The highest BCUT2D eigenvalue weighted by atomic mass is 79.9. The van der Waals surface area contributed by atoms with Gasteiger partial charge >= 0.3 is 0 Å². The lowest BCUT2D eigenvalue weighted by Gasteiger charge is -2.08. The standard InChI is InChI=1S/C13H9BrN2O3S/c14-8-5-6-11(10(15)7-8)19-13-9-3-1-2-4-12(9)20(17,18)16-13/h1-7H,15H2. The van der Waals surface area contributed by atoms with Gasteiger partial charge in [0.15, 0.2) is 5.75 Å². The average molecular weight is 353 g/mol. The van der Waals surface area contributed by atoms with E-state index in [9.17, 15) is 8.42 Å². The summed E-state index contributed by atoms with van der Waals surface area (Å²) >= 11 is 3.29. The van der Waals surface area contributed by atoms with Crippen LogP contribution in [0.5, 0.6) is 5.75 Å². The van der Waals surface area contributed by atoms with Crippen LogP contribution in [0.1, 0.15) is 5.56 Å². The maximum atomic E-state index is 11.9. The fraction of sp³-hybridized carbons (Fsp3) is 0. The van der Waals surface area contributed by atoms with Crippen LogP contribution in [0.4, 0.5) is 5.69 Å². The van der Waals surface area contributed by atoms with E-state index < -0.39 is 10.0 Å². The molecule has 0 unspecified atom stereocenters. The average Bonchev–Trinajstić information content (AvgIpc) is 2.65. The zero-order chi connectivity index (χ0) is 14.3. The van der Waals surface area contributed by atoms with Gasteiger partial charge in [0, 0.05) is 4.47 Å². The number of hydrogen-bond donors (Lipinski definition) is 1. The molecule has 102 valence electrons. The van der Waals surface area contributed by atoms with E-state index in [2.05, 4.69) is 20.3 Å². The minimum absolute atomic E-state index is 0.0367. The summed E-state index contributed by atoms with van der Waals surface area (Å²) < 4.78 is 33.8. The first-order valence-corrected chi connectivity index (χ1v) is 7.88. The normalized spacial score (nSPS) is 15.6. The largest absolute Gasteiger partial charge is 0.435 e. The Balaban J connectivity index is 2.05. The van der Waals surface area contributed by atoms with Gasteiger partial charge in [-0.3, -0.25) is 0 Å². The predicted molar refractivity (Wildman–Crippen MR) is 79.3 cm³/mol. The number of benzene rings is 2. The Morgan fingerprint density at radius 3 is 2.65 bits per heavy atom. The van der Waals surface area contributed by atoms with Crippen LogP contribution in [-0.2, 0) is 10.0 Å². The molecule has 3 rings (SSSR count). The lowest BCUT2D eigenvalue weighted by atomic mass is 10.2. The van der Waals surface area contributed by atoms with Gasteiger partial charge in [-0.05, 0) is 30.3 Å². The molecule has 1 aliphatic heterocycles. The van der Waals surface area contributed by atoms with E-state index in [1.54, 1.807) is 36.4 Å². The molecular formula is C13H9BrN2O3S. The number of ether oxygens (including phenoxy) is 1. The summed E-state index contributed by atoms with van der Waals surface area (Å²) in [5, 5.41) is 0. The molecule has 7 heteroatoms. The van der Waals surface area contributed by atoms with Crippen molar-refractivity contribution in [1.29, 1.82) is 0 Å². The Bertz CT molecular complexity index is 831. The molecule has 20 heavy (non-hydrogen) atoms. The predicted octanol–water partition coefficient (Wildman–Crippen LogP) is 2.56. The molecule has 1 heterocycles. The van der Waals surface area contributed by atoms with Gasteiger partial charge in [0.2, 0.25) is 5.90 Å². The van der Waals surface area contributed by atoms with Crippen molar-refractivity contribution >= 4 is 37.5 Å². The van der Waals surface area contributed by atoms with Gasteiger partial charge in [-0.1, -0.05) is 28.1 Å². The van der Waals surface area contributed by atoms with E-state index in [4.69, 9.17) is 10.5 Å². The van der Waals surface area contributed by atoms with Gasteiger partial charge < -0.3 is 10.5 Å². The van der Waals surface area contributed by atoms with Gasteiger partial charge in [0.05, 0.1) is 11.3 Å². The minimum Gasteiger partial charge on any atom is -0.435 e. The van der Waals surface area contributed by atoms with Crippen molar-refractivity contribution < 1.29 is 13.2 Å². The molecule has 0 aliphatic carbocycles. The number of nitrogen functional groups attached to an aromatic ring is 1. The number of nitrogens with zero attached hydrogens (tertiary/aromatic N) is 1. The quantitative estimate of drug-likeness (QED) is 0.799. The molecule has 0 bridgehead atoms. The second-order valence-corrected chi connectivity index (χ2v) is 6.64. The zero-order valence-corrected chi connectivity index (χ0v) is 12.5. The summed E-state index contributed by atoms with van der Waals surface area (Å²) in [6, 6.07) is 11.6. The molecule has 2 aromatic rings. The lowest BCUT2D eigenvalue weighted by molar-refractivity contribution is 0.556. The maximum absolute atomic E-state index is 11.9. The first kappa shape index (κ1) is 13.1. The van der Waals surface area contributed by atoms with E-state index >= 15 is 0 Å². The molecule has 0 radical (unpaired) electrons. The van der Waals surface area contributed by atoms with Crippen molar-refractivity contribution in [3.05, 3.63) is 52.5 Å². The molecule has 2 N–H and O–H groups in total. The van der Waals surface area contributed by atoms with E-state index in [1.165, 1.54) is 6.07 Å². The van der Waals surface area contributed by atoms with Gasteiger partial charge in [0.25, 0.3) is 10.0 Å². The van der Waals surface area contributed by atoms with Crippen LogP contribution in [0, 0.1) is 0 Å². The summed E-state index contributed by atoms with van der Waals surface area (Å²) in [5.74, 6) is 0.397. The molecule has 0 spiro atoms. The summed E-state index contributed by atoms with van der Waals surface area (Å²) in [7, 11) is -3.68. The van der Waals surface area contributed by atoms with Crippen LogP contribution >= 0.6 is 15.9 Å². The number of nitrogens with two attached hydrogens (primary N) is 1. The highest BCUT2D eigenvalue weighted by Gasteiger charge is 2.30. The molecule has 0 amide bonds. The zero-order valence-electron chi connectivity index (χ0n) is 10.1. The Kier molecular flexibility index (Phi) is 3.02. The van der Waals surface area contributed by atoms with E-state index in [0.29, 0.717) is 17.0 Å². The number of hydrogen-bond acceptors (Lipinski definition) is 4. The Hall–Kier alpha value is -1.86. The Morgan fingerprint density at radius 1 is 1.15 bits per heavy atom. The third-order valence-electron chi connectivity index (χ3n) is 2.78. The van der Waals surface area contributed by atoms with Crippen LogP contribution in [-0.4, -0.2) is 14.3 Å². The molecule has 0 saturated heterocycles. The van der Waals surface area contributed by atoms with Crippen molar-refractivity contribution in [2.24, 2.45) is 4.40 Å². The van der Waals surface area contributed by atoms with Crippen LogP contribution in [0.15, 0.2) is 56.2 Å². The lowest BCUT2D eigenvalue weighted by Crippen LogP contribution is -2.09. The Labute approximate surface area is 124 Å². The van der Waals surface area contributed by atoms with Crippen LogP contribution < -0.4 is 10.5 Å². The number of anilines is 1. The van der Waals surface area contributed by atoms with Gasteiger partial charge in [0.1, 0.15) is 4.90 Å². The third kappa shape index (κ3) is 2.19.